The van der Waals surface area contributed by atoms with Crippen molar-refractivity contribution in [2.75, 3.05) is 5.43 Å². The maximum atomic E-state index is 10.8. The first-order chi connectivity index (χ1) is 8.68. The van der Waals surface area contributed by atoms with E-state index in [1.165, 1.54) is 18.4 Å². The van der Waals surface area contributed by atoms with E-state index in [1.807, 2.05) is 0 Å². The van der Waals surface area contributed by atoms with Gasteiger partial charge in [0.25, 0.3) is 5.69 Å². The molecule has 0 atom stereocenters. The van der Waals surface area contributed by atoms with Crippen molar-refractivity contribution in [2.24, 2.45) is 5.10 Å². The summed E-state index contributed by atoms with van der Waals surface area (Å²) in [6, 6.07) is 9.44. The van der Waals surface area contributed by atoms with Crippen molar-refractivity contribution >= 4 is 28.1 Å². The van der Waals surface area contributed by atoms with Crippen molar-refractivity contribution in [3.63, 3.8) is 0 Å². The number of nitro groups is 1. The van der Waals surface area contributed by atoms with E-state index >= 15 is 0 Å². The summed E-state index contributed by atoms with van der Waals surface area (Å²) >= 11 is 5.85. The Hall–Kier alpha value is -2.34. The van der Waals surface area contributed by atoms with Crippen LogP contribution in [0.15, 0.2) is 52.2 Å². The van der Waals surface area contributed by atoms with Crippen LogP contribution < -0.4 is 5.43 Å². The number of furan rings is 1. The van der Waals surface area contributed by atoms with Gasteiger partial charge in [-0.2, -0.15) is 5.10 Å². The number of hydrazone groups is 1. The van der Waals surface area contributed by atoms with Crippen molar-refractivity contribution in [2.45, 2.75) is 0 Å². The number of hydrogen-bond donors (Lipinski definition) is 1. The molecule has 0 aliphatic heterocycles. The third-order valence-electron chi connectivity index (χ3n) is 2.10. The molecule has 0 bridgehead atoms. The van der Waals surface area contributed by atoms with E-state index < -0.39 is 4.92 Å². The van der Waals surface area contributed by atoms with Crippen LogP contribution in [0.4, 0.5) is 11.4 Å². The molecule has 0 radical (unpaired) electrons. The van der Waals surface area contributed by atoms with E-state index in [9.17, 15) is 10.1 Å². The lowest BCUT2D eigenvalue weighted by Gasteiger charge is -2.01. The molecule has 1 N–H and O–H groups in total. The van der Waals surface area contributed by atoms with Gasteiger partial charge < -0.3 is 4.42 Å². The molecule has 18 heavy (non-hydrogen) atoms. The third-order valence-corrected chi connectivity index (χ3v) is 2.37. The lowest BCUT2D eigenvalue weighted by molar-refractivity contribution is -0.384. The van der Waals surface area contributed by atoms with Crippen LogP contribution in [-0.2, 0) is 0 Å². The Labute approximate surface area is 107 Å². The number of halogens is 1. The summed E-state index contributed by atoms with van der Waals surface area (Å²) in [6.07, 6.45) is 1.46. The first-order valence-electron chi connectivity index (χ1n) is 4.95. The molecule has 1 aromatic heterocycles. The second kappa shape index (κ2) is 5.33. The van der Waals surface area contributed by atoms with Gasteiger partial charge in [0.2, 0.25) is 0 Å². The molecule has 0 fully saturated rings. The molecule has 0 saturated carbocycles. The highest BCUT2D eigenvalue weighted by atomic mass is 35.5. The number of nitrogens with zero attached hydrogens (tertiary/aromatic N) is 2. The summed E-state index contributed by atoms with van der Waals surface area (Å²) in [7, 11) is 0. The van der Waals surface area contributed by atoms with Crippen molar-refractivity contribution in [1.82, 2.24) is 0 Å². The molecule has 6 nitrogen and oxygen atoms in total. The highest BCUT2D eigenvalue weighted by Crippen LogP contribution is 2.23. The first-order valence-corrected chi connectivity index (χ1v) is 5.33. The lowest BCUT2D eigenvalue weighted by Crippen LogP contribution is -1.99. The standard InChI is InChI=1S/C11H8ClN3O3/c12-11(10-6-3-7-18-10)14-13-8-4-1-2-5-9(8)15(16)17/h1-7,13H/b14-11+. The molecular formula is C11H8ClN3O3. The van der Waals surface area contributed by atoms with Gasteiger partial charge in [-0.3, -0.25) is 15.5 Å². The van der Waals surface area contributed by atoms with E-state index in [-0.39, 0.29) is 16.5 Å². The van der Waals surface area contributed by atoms with Crippen LogP contribution in [0.1, 0.15) is 5.76 Å². The van der Waals surface area contributed by atoms with E-state index in [0.29, 0.717) is 5.76 Å². The second-order valence-corrected chi connectivity index (χ2v) is 3.62. The fraction of sp³-hybridized carbons (Fsp3) is 0. The quantitative estimate of drug-likeness (QED) is 0.523. The fourth-order valence-electron chi connectivity index (χ4n) is 1.29. The molecular weight excluding hydrogens is 258 g/mol. The summed E-state index contributed by atoms with van der Waals surface area (Å²) in [6.45, 7) is 0. The first kappa shape index (κ1) is 12.1. The van der Waals surface area contributed by atoms with Crippen molar-refractivity contribution in [1.29, 1.82) is 0 Å². The Kier molecular flexibility index (Phi) is 3.59. The Morgan fingerprint density at radius 1 is 1.33 bits per heavy atom. The van der Waals surface area contributed by atoms with Gasteiger partial charge in [0.1, 0.15) is 5.69 Å². The molecule has 2 aromatic rings. The molecule has 0 amide bonds. The van der Waals surface area contributed by atoms with Gasteiger partial charge in [-0.15, -0.1) is 0 Å². The van der Waals surface area contributed by atoms with Crippen molar-refractivity contribution < 1.29 is 9.34 Å². The Bertz CT molecular complexity index is 581. The highest BCUT2D eigenvalue weighted by molar-refractivity contribution is 6.69. The Morgan fingerprint density at radius 2 is 2.11 bits per heavy atom. The van der Waals surface area contributed by atoms with Gasteiger partial charge >= 0.3 is 0 Å². The van der Waals surface area contributed by atoms with Crippen LogP contribution in [0.5, 0.6) is 0 Å². The van der Waals surface area contributed by atoms with Crippen LogP contribution in [0.2, 0.25) is 0 Å². The molecule has 1 heterocycles. The van der Waals surface area contributed by atoms with Gasteiger partial charge in [-0.05, 0) is 18.2 Å². The van der Waals surface area contributed by atoms with E-state index in [4.69, 9.17) is 16.0 Å². The number of hydrogen-bond acceptors (Lipinski definition) is 5. The smallest absolute Gasteiger partial charge is 0.294 e. The minimum atomic E-state index is -0.501. The van der Waals surface area contributed by atoms with Crippen LogP contribution in [0.25, 0.3) is 0 Å². The minimum absolute atomic E-state index is 0.0786. The average molecular weight is 266 g/mol. The van der Waals surface area contributed by atoms with Gasteiger partial charge in [0, 0.05) is 6.07 Å². The molecule has 0 saturated heterocycles. The maximum absolute atomic E-state index is 10.8. The second-order valence-electron chi connectivity index (χ2n) is 3.27. The molecule has 2 rings (SSSR count). The molecule has 0 aliphatic carbocycles. The largest absolute Gasteiger partial charge is 0.462 e. The molecule has 0 unspecified atom stereocenters. The van der Waals surface area contributed by atoms with Crippen molar-refractivity contribution in [3.8, 4) is 0 Å². The van der Waals surface area contributed by atoms with Crippen LogP contribution >= 0.6 is 11.6 Å². The molecule has 0 aliphatic rings. The Balaban J connectivity index is 2.20. The predicted octanol–water partition coefficient (Wildman–Crippen LogP) is 3.20. The fourth-order valence-corrected chi connectivity index (χ4v) is 1.44. The van der Waals surface area contributed by atoms with Gasteiger partial charge in [-0.25, -0.2) is 0 Å². The topological polar surface area (TPSA) is 80.7 Å². The average Bonchev–Trinajstić information content (AvgIpc) is 2.90. The summed E-state index contributed by atoms with van der Waals surface area (Å²) in [5.41, 5.74) is 2.72. The van der Waals surface area contributed by atoms with Crippen LogP contribution in [-0.4, -0.2) is 10.1 Å². The molecule has 7 heteroatoms. The van der Waals surface area contributed by atoms with E-state index in [2.05, 4.69) is 10.5 Å². The number of rotatable bonds is 4. The van der Waals surface area contributed by atoms with Gasteiger partial charge in [0.15, 0.2) is 10.9 Å². The maximum Gasteiger partial charge on any atom is 0.294 e. The number of benzene rings is 1. The summed E-state index contributed by atoms with van der Waals surface area (Å²) < 4.78 is 5.02. The van der Waals surface area contributed by atoms with E-state index in [0.717, 1.165) is 0 Å². The zero-order valence-corrected chi connectivity index (χ0v) is 9.79. The van der Waals surface area contributed by atoms with Crippen molar-refractivity contribution in [3.05, 3.63) is 58.5 Å². The number of anilines is 1. The minimum Gasteiger partial charge on any atom is -0.462 e. The van der Waals surface area contributed by atoms with Gasteiger partial charge in [-0.1, -0.05) is 23.7 Å². The molecule has 1 aromatic carbocycles. The lowest BCUT2D eigenvalue weighted by atomic mass is 10.3. The summed E-state index contributed by atoms with van der Waals surface area (Å²) in [5.74, 6) is 0.378. The SMILES string of the molecule is O=[N+]([O-])c1ccccc1N/N=C(/Cl)c1ccco1. The van der Waals surface area contributed by atoms with Gasteiger partial charge in [0.05, 0.1) is 11.2 Å². The van der Waals surface area contributed by atoms with E-state index in [1.54, 1.807) is 24.3 Å². The predicted molar refractivity (Wildman–Crippen MR) is 67.8 cm³/mol. The number of nitrogens with one attached hydrogen (secondary N) is 1. The highest BCUT2D eigenvalue weighted by Gasteiger charge is 2.12. The third kappa shape index (κ3) is 2.67. The Morgan fingerprint density at radius 3 is 2.78 bits per heavy atom. The molecule has 0 spiro atoms. The normalized spacial score (nSPS) is 11.3. The van der Waals surface area contributed by atoms with Crippen LogP contribution in [0, 0.1) is 10.1 Å². The number of para-hydroxylation sites is 2. The zero-order valence-electron chi connectivity index (χ0n) is 9.04. The molecule has 92 valence electrons. The van der Waals surface area contributed by atoms with Crippen LogP contribution in [0.3, 0.4) is 0 Å². The monoisotopic (exact) mass is 265 g/mol. The summed E-state index contributed by atoms with van der Waals surface area (Å²) in [5, 5.41) is 14.7. The zero-order chi connectivity index (χ0) is 13.0. The number of nitro benzene ring substituents is 1. The summed E-state index contributed by atoms with van der Waals surface area (Å²) in [4.78, 5) is 10.3.